The maximum Gasteiger partial charge on any atom is 0.198 e. The minimum Gasteiger partial charge on any atom is -0.453 e. The second-order valence-electron chi connectivity index (χ2n) is 4.99. The summed E-state index contributed by atoms with van der Waals surface area (Å²) in [4.78, 5) is 4.36. The van der Waals surface area contributed by atoms with Crippen LogP contribution in [0.25, 0.3) is 10.9 Å². The van der Waals surface area contributed by atoms with Crippen LogP contribution in [0.1, 0.15) is 30.5 Å². The van der Waals surface area contributed by atoms with Gasteiger partial charge in [-0.25, -0.2) is 0 Å². The zero-order valence-electron chi connectivity index (χ0n) is 11.8. The quantitative estimate of drug-likeness (QED) is 0.750. The lowest BCUT2D eigenvalue weighted by Gasteiger charge is -2.18. The molecular formula is C17H17ClN2O. The van der Waals surface area contributed by atoms with Crippen molar-refractivity contribution in [3.63, 3.8) is 0 Å². The van der Waals surface area contributed by atoms with Gasteiger partial charge in [-0.2, -0.15) is 0 Å². The van der Waals surface area contributed by atoms with Gasteiger partial charge in [-0.05, 0) is 54.4 Å². The summed E-state index contributed by atoms with van der Waals surface area (Å²) in [6.07, 6.45) is 4.49. The number of furan rings is 1. The van der Waals surface area contributed by atoms with E-state index in [1.165, 1.54) is 0 Å². The van der Waals surface area contributed by atoms with Crippen molar-refractivity contribution in [2.45, 2.75) is 19.4 Å². The number of pyridine rings is 1. The van der Waals surface area contributed by atoms with Crippen molar-refractivity contribution in [3.05, 3.63) is 65.2 Å². The van der Waals surface area contributed by atoms with E-state index in [0.717, 1.165) is 35.0 Å². The van der Waals surface area contributed by atoms with Crippen LogP contribution in [0.3, 0.4) is 0 Å². The summed E-state index contributed by atoms with van der Waals surface area (Å²) in [5.41, 5.74) is 3.12. The van der Waals surface area contributed by atoms with Crippen molar-refractivity contribution in [1.82, 2.24) is 10.3 Å². The smallest absolute Gasteiger partial charge is 0.198 e. The maximum atomic E-state index is 6.16. The first kappa shape index (κ1) is 14.1. The number of nitrogens with zero attached hydrogens (tertiary/aromatic N) is 1. The summed E-state index contributed by atoms with van der Waals surface area (Å²) in [6.45, 7) is 3.06. The third kappa shape index (κ3) is 2.94. The molecule has 0 bridgehead atoms. The molecule has 0 fully saturated rings. The van der Waals surface area contributed by atoms with Crippen molar-refractivity contribution in [2.24, 2.45) is 0 Å². The van der Waals surface area contributed by atoms with Crippen LogP contribution >= 0.6 is 11.6 Å². The van der Waals surface area contributed by atoms with E-state index in [-0.39, 0.29) is 6.04 Å². The Hall–Kier alpha value is -1.84. The Morgan fingerprint density at radius 1 is 1.29 bits per heavy atom. The molecule has 0 spiro atoms. The van der Waals surface area contributed by atoms with Crippen molar-refractivity contribution < 1.29 is 4.42 Å². The summed E-state index contributed by atoms with van der Waals surface area (Å²) in [5, 5.41) is 5.09. The van der Waals surface area contributed by atoms with Gasteiger partial charge >= 0.3 is 0 Å². The highest BCUT2D eigenvalue weighted by Gasteiger charge is 2.18. The monoisotopic (exact) mass is 300 g/mol. The van der Waals surface area contributed by atoms with Crippen LogP contribution in [-0.4, -0.2) is 11.5 Å². The molecule has 0 saturated carbocycles. The van der Waals surface area contributed by atoms with Gasteiger partial charge in [0.05, 0.1) is 17.8 Å². The van der Waals surface area contributed by atoms with E-state index in [4.69, 9.17) is 16.0 Å². The normalized spacial score (nSPS) is 12.7. The Morgan fingerprint density at radius 2 is 2.19 bits per heavy atom. The largest absolute Gasteiger partial charge is 0.453 e. The molecule has 1 N–H and O–H groups in total. The Labute approximate surface area is 128 Å². The van der Waals surface area contributed by atoms with Gasteiger partial charge in [-0.15, -0.1) is 0 Å². The molecule has 0 saturated heterocycles. The zero-order chi connectivity index (χ0) is 14.7. The summed E-state index contributed by atoms with van der Waals surface area (Å²) in [5.74, 6) is 0. The Kier molecular flexibility index (Phi) is 4.23. The third-order valence-electron chi connectivity index (χ3n) is 3.52. The number of halogens is 1. The predicted octanol–water partition coefficient (Wildman–Crippen LogP) is 4.57. The average molecular weight is 301 g/mol. The first-order valence-corrected chi connectivity index (χ1v) is 7.48. The molecule has 3 nitrogen and oxygen atoms in total. The van der Waals surface area contributed by atoms with Gasteiger partial charge in [0.2, 0.25) is 0 Å². The van der Waals surface area contributed by atoms with Crippen LogP contribution in [0.4, 0.5) is 0 Å². The van der Waals surface area contributed by atoms with Crippen LogP contribution in [-0.2, 0) is 0 Å². The van der Waals surface area contributed by atoms with Crippen LogP contribution in [0.15, 0.2) is 53.3 Å². The molecule has 21 heavy (non-hydrogen) atoms. The van der Waals surface area contributed by atoms with Crippen LogP contribution in [0.2, 0.25) is 5.22 Å². The molecule has 0 aliphatic heterocycles. The van der Waals surface area contributed by atoms with Gasteiger partial charge in [-0.1, -0.05) is 19.1 Å². The highest BCUT2D eigenvalue weighted by Crippen LogP contribution is 2.30. The van der Waals surface area contributed by atoms with Crippen LogP contribution in [0.5, 0.6) is 0 Å². The first-order chi connectivity index (χ1) is 10.3. The van der Waals surface area contributed by atoms with Gasteiger partial charge in [-0.3, -0.25) is 4.98 Å². The van der Waals surface area contributed by atoms with E-state index in [0.29, 0.717) is 5.22 Å². The van der Waals surface area contributed by atoms with E-state index >= 15 is 0 Å². The average Bonchev–Trinajstić information content (AvgIpc) is 2.94. The van der Waals surface area contributed by atoms with E-state index in [2.05, 4.69) is 35.4 Å². The molecule has 0 radical (unpaired) electrons. The molecule has 1 atom stereocenters. The summed E-state index contributed by atoms with van der Waals surface area (Å²) < 4.78 is 5.25. The van der Waals surface area contributed by atoms with E-state index in [1.807, 2.05) is 24.4 Å². The summed E-state index contributed by atoms with van der Waals surface area (Å²) in [7, 11) is 0. The van der Waals surface area contributed by atoms with Gasteiger partial charge in [0.15, 0.2) is 5.22 Å². The molecule has 1 aromatic carbocycles. The molecule has 2 heterocycles. The molecule has 4 heteroatoms. The number of rotatable bonds is 5. The van der Waals surface area contributed by atoms with Gasteiger partial charge < -0.3 is 9.73 Å². The molecule has 0 aliphatic rings. The lowest BCUT2D eigenvalue weighted by molar-refractivity contribution is 0.550. The minimum absolute atomic E-state index is 0.0285. The molecule has 2 aromatic heterocycles. The number of aromatic nitrogens is 1. The lowest BCUT2D eigenvalue weighted by Crippen LogP contribution is -2.23. The molecule has 3 aromatic rings. The standard InChI is InChI=1S/C17H17ClN2O/c1-2-8-20-16(14-7-10-21-17(14)18)13-5-6-15-12(11-13)4-3-9-19-15/h3-7,9-11,16,20H,2,8H2,1H3. The third-order valence-corrected chi connectivity index (χ3v) is 3.82. The lowest BCUT2D eigenvalue weighted by atomic mass is 9.99. The van der Waals surface area contributed by atoms with Gasteiger partial charge in [0, 0.05) is 17.1 Å². The van der Waals surface area contributed by atoms with Gasteiger partial charge in [0.25, 0.3) is 0 Å². The molecule has 108 valence electrons. The van der Waals surface area contributed by atoms with Crippen molar-refractivity contribution in [2.75, 3.05) is 6.54 Å². The SMILES string of the molecule is CCCNC(c1ccc2ncccc2c1)c1ccoc1Cl. The number of nitrogens with one attached hydrogen (secondary N) is 1. The predicted molar refractivity (Wildman–Crippen MR) is 85.6 cm³/mol. The maximum absolute atomic E-state index is 6.16. The highest BCUT2D eigenvalue weighted by atomic mass is 35.5. The second kappa shape index (κ2) is 6.29. The first-order valence-electron chi connectivity index (χ1n) is 7.10. The Bertz CT molecular complexity index is 738. The Morgan fingerprint density at radius 3 is 2.95 bits per heavy atom. The zero-order valence-corrected chi connectivity index (χ0v) is 12.6. The summed E-state index contributed by atoms with van der Waals surface area (Å²) in [6, 6.07) is 12.2. The van der Waals surface area contributed by atoms with Crippen LogP contribution in [0, 0.1) is 0 Å². The van der Waals surface area contributed by atoms with E-state index < -0.39 is 0 Å². The van der Waals surface area contributed by atoms with Crippen molar-refractivity contribution in [1.29, 1.82) is 0 Å². The topological polar surface area (TPSA) is 38.1 Å². The van der Waals surface area contributed by atoms with Crippen molar-refractivity contribution >= 4 is 22.5 Å². The minimum atomic E-state index is 0.0285. The fourth-order valence-corrected chi connectivity index (χ4v) is 2.70. The number of hydrogen-bond donors (Lipinski definition) is 1. The van der Waals surface area contributed by atoms with E-state index in [1.54, 1.807) is 6.26 Å². The molecule has 0 aliphatic carbocycles. The molecule has 0 amide bonds. The van der Waals surface area contributed by atoms with Gasteiger partial charge in [0.1, 0.15) is 0 Å². The highest BCUT2D eigenvalue weighted by molar-refractivity contribution is 6.29. The fraction of sp³-hybridized carbons (Fsp3) is 0.235. The second-order valence-corrected chi connectivity index (χ2v) is 5.34. The number of benzene rings is 1. The van der Waals surface area contributed by atoms with Crippen molar-refractivity contribution in [3.8, 4) is 0 Å². The fourth-order valence-electron chi connectivity index (χ4n) is 2.48. The summed E-state index contributed by atoms with van der Waals surface area (Å²) >= 11 is 6.16. The number of fused-ring (bicyclic) bond motifs is 1. The Balaban J connectivity index is 2.03. The van der Waals surface area contributed by atoms with E-state index in [9.17, 15) is 0 Å². The van der Waals surface area contributed by atoms with Crippen LogP contribution < -0.4 is 5.32 Å². The molecule has 1 unspecified atom stereocenters. The number of hydrogen-bond acceptors (Lipinski definition) is 3. The molecule has 3 rings (SSSR count). The molecular weight excluding hydrogens is 284 g/mol.